The van der Waals surface area contributed by atoms with Crippen LogP contribution in [0, 0.1) is 19.7 Å². The maximum Gasteiger partial charge on any atom is 0.223 e. The number of hydrogen-bond acceptors (Lipinski definition) is 3. The molecule has 0 aliphatic carbocycles. The minimum Gasteiger partial charge on any atom is -0.368 e. The second-order valence-corrected chi connectivity index (χ2v) is 7.09. The average Bonchev–Trinajstić information content (AvgIpc) is 2.68. The van der Waals surface area contributed by atoms with Crippen LogP contribution >= 0.6 is 0 Å². The van der Waals surface area contributed by atoms with Gasteiger partial charge in [0.05, 0.1) is 0 Å². The molecule has 1 saturated heterocycles. The molecule has 0 spiro atoms. The summed E-state index contributed by atoms with van der Waals surface area (Å²) in [6.45, 7) is 6.54. The van der Waals surface area contributed by atoms with Crippen LogP contribution < -0.4 is 4.90 Å². The molecule has 1 heterocycles. The summed E-state index contributed by atoms with van der Waals surface area (Å²) in [5, 5.41) is 0. The summed E-state index contributed by atoms with van der Waals surface area (Å²) >= 11 is 0. The molecule has 3 rings (SSSR count). The number of carbonyl (C=O) groups is 2. The molecule has 0 radical (unpaired) electrons. The van der Waals surface area contributed by atoms with Crippen LogP contribution in [0.25, 0.3) is 0 Å². The van der Waals surface area contributed by atoms with E-state index in [2.05, 4.69) is 4.90 Å². The maximum absolute atomic E-state index is 13.0. The highest BCUT2D eigenvalue weighted by Gasteiger charge is 2.22. The van der Waals surface area contributed by atoms with E-state index in [1.807, 2.05) is 36.9 Å². The zero-order valence-electron chi connectivity index (χ0n) is 15.9. The molecule has 0 bridgehead atoms. The zero-order chi connectivity index (χ0) is 19.4. The van der Waals surface area contributed by atoms with Gasteiger partial charge in [0.2, 0.25) is 5.91 Å². The summed E-state index contributed by atoms with van der Waals surface area (Å²) in [6.07, 6.45) is 0.476. The van der Waals surface area contributed by atoms with Gasteiger partial charge in [-0.2, -0.15) is 0 Å². The van der Waals surface area contributed by atoms with E-state index in [1.54, 1.807) is 12.1 Å². The van der Waals surface area contributed by atoms with Crippen LogP contribution in [0.4, 0.5) is 10.1 Å². The summed E-state index contributed by atoms with van der Waals surface area (Å²) < 4.78 is 13.0. The maximum atomic E-state index is 13.0. The average molecular weight is 368 g/mol. The second kappa shape index (κ2) is 8.33. The molecule has 0 saturated carbocycles. The van der Waals surface area contributed by atoms with Gasteiger partial charge in [-0.3, -0.25) is 9.59 Å². The summed E-state index contributed by atoms with van der Waals surface area (Å²) in [5.74, 6) is -0.206. The van der Waals surface area contributed by atoms with Crippen molar-refractivity contribution < 1.29 is 14.0 Å². The SMILES string of the molecule is Cc1ccc(C)c(C(=O)CCC(=O)N2CCN(c3ccc(F)cc3)CC2)c1. The minimum atomic E-state index is -0.249. The Hall–Kier alpha value is -2.69. The van der Waals surface area contributed by atoms with Crippen LogP contribution in [0.1, 0.15) is 34.3 Å². The molecule has 142 valence electrons. The lowest BCUT2D eigenvalue weighted by Crippen LogP contribution is -2.48. The molecule has 0 aromatic heterocycles. The first kappa shape index (κ1) is 19.1. The summed E-state index contributed by atoms with van der Waals surface area (Å²) in [7, 11) is 0. The number of Topliss-reactive ketones (excluding diaryl/α,β-unsaturated/α-hetero) is 1. The Morgan fingerprint density at radius 3 is 2.26 bits per heavy atom. The third kappa shape index (κ3) is 4.73. The normalized spacial score (nSPS) is 14.3. The predicted octanol–water partition coefficient (Wildman–Crippen LogP) is 3.75. The number of amides is 1. The Morgan fingerprint density at radius 2 is 1.59 bits per heavy atom. The van der Waals surface area contributed by atoms with Crippen molar-refractivity contribution in [2.24, 2.45) is 0 Å². The van der Waals surface area contributed by atoms with E-state index in [4.69, 9.17) is 0 Å². The fourth-order valence-electron chi connectivity index (χ4n) is 3.42. The lowest BCUT2D eigenvalue weighted by atomic mass is 9.99. The summed E-state index contributed by atoms with van der Waals surface area (Å²) in [4.78, 5) is 28.9. The molecular weight excluding hydrogens is 343 g/mol. The highest BCUT2D eigenvalue weighted by Crippen LogP contribution is 2.18. The fourth-order valence-corrected chi connectivity index (χ4v) is 3.42. The molecule has 0 atom stereocenters. The number of rotatable bonds is 5. The van der Waals surface area contributed by atoms with Crippen molar-refractivity contribution in [2.75, 3.05) is 31.1 Å². The topological polar surface area (TPSA) is 40.6 Å². The Bertz CT molecular complexity index is 825. The van der Waals surface area contributed by atoms with Gasteiger partial charge in [-0.25, -0.2) is 4.39 Å². The number of ketones is 1. The van der Waals surface area contributed by atoms with Gasteiger partial charge in [0.1, 0.15) is 5.82 Å². The van der Waals surface area contributed by atoms with Gasteiger partial charge in [-0.1, -0.05) is 17.7 Å². The van der Waals surface area contributed by atoms with Gasteiger partial charge in [0, 0.05) is 50.3 Å². The molecule has 0 N–H and O–H groups in total. The Morgan fingerprint density at radius 1 is 0.926 bits per heavy atom. The molecular formula is C22H25FN2O2. The lowest BCUT2D eigenvalue weighted by Gasteiger charge is -2.36. The van der Waals surface area contributed by atoms with E-state index in [9.17, 15) is 14.0 Å². The third-order valence-electron chi connectivity index (χ3n) is 5.08. The van der Waals surface area contributed by atoms with Crippen molar-refractivity contribution >= 4 is 17.4 Å². The van der Waals surface area contributed by atoms with Crippen molar-refractivity contribution in [2.45, 2.75) is 26.7 Å². The van der Waals surface area contributed by atoms with Gasteiger partial charge in [0.15, 0.2) is 5.78 Å². The van der Waals surface area contributed by atoms with Gasteiger partial charge >= 0.3 is 0 Å². The zero-order valence-corrected chi connectivity index (χ0v) is 15.9. The van der Waals surface area contributed by atoms with Crippen LogP contribution in [0.2, 0.25) is 0 Å². The van der Waals surface area contributed by atoms with Crippen molar-refractivity contribution in [1.29, 1.82) is 0 Å². The first-order valence-corrected chi connectivity index (χ1v) is 9.33. The van der Waals surface area contributed by atoms with Crippen LogP contribution in [-0.4, -0.2) is 42.8 Å². The van der Waals surface area contributed by atoms with Crippen molar-refractivity contribution in [3.8, 4) is 0 Å². The van der Waals surface area contributed by atoms with E-state index >= 15 is 0 Å². The largest absolute Gasteiger partial charge is 0.368 e. The predicted molar refractivity (Wildman–Crippen MR) is 105 cm³/mol. The third-order valence-corrected chi connectivity index (χ3v) is 5.08. The molecule has 1 aliphatic rings. The molecule has 4 nitrogen and oxygen atoms in total. The minimum absolute atomic E-state index is 0.0208. The summed E-state index contributed by atoms with van der Waals surface area (Å²) in [6, 6.07) is 12.2. The van der Waals surface area contributed by atoms with Gasteiger partial charge < -0.3 is 9.80 Å². The molecule has 1 fully saturated rings. The van der Waals surface area contributed by atoms with E-state index in [1.165, 1.54) is 12.1 Å². The smallest absolute Gasteiger partial charge is 0.223 e. The Labute approximate surface area is 159 Å². The number of hydrogen-bond donors (Lipinski definition) is 0. The number of nitrogens with zero attached hydrogens (tertiary/aromatic N) is 2. The van der Waals surface area contributed by atoms with Crippen LogP contribution in [0.3, 0.4) is 0 Å². The van der Waals surface area contributed by atoms with E-state index in [-0.39, 0.29) is 30.3 Å². The van der Waals surface area contributed by atoms with Gasteiger partial charge in [-0.15, -0.1) is 0 Å². The van der Waals surface area contributed by atoms with Crippen molar-refractivity contribution in [1.82, 2.24) is 4.90 Å². The number of piperazine rings is 1. The fraction of sp³-hybridized carbons (Fsp3) is 0.364. The lowest BCUT2D eigenvalue weighted by molar-refractivity contribution is -0.131. The Kier molecular flexibility index (Phi) is 5.89. The highest BCUT2D eigenvalue weighted by atomic mass is 19.1. The number of anilines is 1. The standard InChI is InChI=1S/C22H25FN2O2/c1-16-3-4-17(2)20(15-16)21(26)9-10-22(27)25-13-11-24(12-14-25)19-7-5-18(23)6-8-19/h3-8,15H,9-14H2,1-2H3. The van der Waals surface area contributed by atoms with Crippen molar-refractivity contribution in [3.05, 3.63) is 65.0 Å². The molecule has 2 aromatic carbocycles. The van der Waals surface area contributed by atoms with Crippen LogP contribution in [0.15, 0.2) is 42.5 Å². The van der Waals surface area contributed by atoms with Crippen molar-refractivity contribution in [3.63, 3.8) is 0 Å². The number of benzene rings is 2. The molecule has 1 amide bonds. The number of aryl methyl sites for hydroxylation is 2. The van der Waals surface area contributed by atoms with E-state index in [0.29, 0.717) is 31.7 Å². The Balaban J connectivity index is 1.50. The number of halogens is 1. The van der Waals surface area contributed by atoms with Gasteiger partial charge in [-0.05, 0) is 49.7 Å². The quantitative estimate of drug-likeness (QED) is 0.755. The second-order valence-electron chi connectivity index (χ2n) is 7.09. The summed E-state index contributed by atoms with van der Waals surface area (Å²) in [5.41, 5.74) is 3.68. The van der Waals surface area contributed by atoms with E-state index in [0.717, 1.165) is 16.8 Å². The van der Waals surface area contributed by atoms with E-state index < -0.39 is 0 Å². The molecule has 2 aromatic rings. The van der Waals surface area contributed by atoms with Gasteiger partial charge in [0.25, 0.3) is 0 Å². The molecule has 27 heavy (non-hydrogen) atoms. The van der Waals surface area contributed by atoms with Crippen LogP contribution in [0.5, 0.6) is 0 Å². The monoisotopic (exact) mass is 368 g/mol. The molecule has 0 unspecified atom stereocenters. The first-order valence-electron chi connectivity index (χ1n) is 9.33. The molecule has 1 aliphatic heterocycles. The molecule has 5 heteroatoms. The van der Waals surface area contributed by atoms with Crippen LogP contribution in [-0.2, 0) is 4.79 Å². The highest BCUT2D eigenvalue weighted by molar-refractivity contribution is 5.99. The number of carbonyl (C=O) groups excluding carboxylic acids is 2. The first-order chi connectivity index (χ1) is 12.9.